The number of fused-ring (bicyclic) bond motifs is 1. The predicted octanol–water partition coefficient (Wildman–Crippen LogP) is 3.66. The predicted molar refractivity (Wildman–Crippen MR) is 85.4 cm³/mol. The second-order valence-corrected chi connectivity index (χ2v) is 5.30. The van der Waals surface area contributed by atoms with Gasteiger partial charge >= 0.3 is 6.09 Å². The van der Waals surface area contributed by atoms with Crippen LogP contribution in [0.25, 0.3) is 16.7 Å². The molecule has 0 saturated heterocycles. The molecule has 0 aliphatic carbocycles. The molecule has 22 heavy (non-hydrogen) atoms. The highest BCUT2D eigenvalue weighted by atomic mass is 16.4. The fraction of sp³-hybridized carbons (Fsp3) is 0.176. The maximum absolute atomic E-state index is 11.0. The van der Waals surface area contributed by atoms with Gasteiger partial charge in [0.05, 0.1) is 17.1 Å². The lowest BCUT2D eigenvalue weighted by molar-refractivity contribution is 0.190. The average molecular weight is 295 g/mol. The molecule has 2 aromatic carbocycles. The fourth-order valence-corrected chi connectivity index (χ4v) is 2.59. The Balaban J connectivity index is 2.25. The van der Waals surface area contributed by atoms with Gasteiger partial charge in [0.2, 0.25) is 0 Å². The molecule has 1 heterocycles. The molecule has 0 fully saturated rings. The first kappa shape index (κ1) is 14.1. The van der Waals surface area contributed by atoms with Gasteiger partial charge in [0.1, 0.15) is 5.82 Å². The van der Waals surface area contributed by atoms with Crippen molar-refractivity contribution in [2.75, 3.05) is 0 Å². The van der Waals surface area contributed by atoms with Crippen LogP contribution in [-0.2, 0) is 0 Å². The van der Waals surface area contributed by atoms with Crippen LogP contribution in [0.2, 0.25) is 0 Å². The zero-order valence-electron chi connectivity index (χ0n) is 12.4. The van der Waals surface area contributed by atoms with Crippen LogP contribution in [-0.4, -0.2) is 20.8 Å². The van der Waals surface area contributed by atoms with Gasteiger partial charge in [-0.1, -0.05) is 24.3 Å². The molecule has 0 unspecified atom stereocenters. The number of carbonyl (C=O) groups is 1. The Morgan fingerprint density at radius 2 is 1.95 bits per heavy atom. The number of nitrogens with zero attached hydrogens (tertiary/aromatic N) is 2. The molecule has 1 amide bonds. The highest BCUT2D eigenvalue weighted by Crippen LogP contribution is 2.26. The summed E-state index contributed by atoms with van der Waals surface area (Å²) in [6.07, 6.45) is -1.06. The highest BCUT2D eigenvalue weighted by Gasteiger charge is 2.19. The Labute approximate surface area is 128 Å². The zero-order valence-corrected chi connectivity index (χ0v) is 12.4. The van der Waals surface area contributed by atoms with Gasteiger partial charge in [0.15, 0.2) is 0 Å². The quantitative estimate of drug-likeness (QED) is 0.775. The molecule has 0 spiro atoms. The summed E-state index contributed by atoms with van der Waals surface area (Å²) in [6, 6.07) is 15.4. The molecule has 0 aliphatic rings. The van der Waals surface area contributed by atoms with Crippen LogP contribution >= 0.6 is 0 Å². The van der Waals surface area contributed by atoms with E-state index < -0.39 is 12.1 Å². The summed E-state index contributed by atoms with van der Waals surface area (Å²) in [5.41, 5.74) is 3.92. The molecule has 3 aromatic rings. The summed E-state index contributed by atoms with van der Waals surface area (Å²) >= 11 is 0. The monoisotopic (exact) mass is 295 g/mol. The van der Waals surface area contributed by atoms with Crippen LogP contribution in [0, 0.1) is 6.92 Å². The molecule has 1 atom stereocenters. The van der Waals surface area contributed by atoms with E-state index >= 15 is 0 Å². The number of rotatable bonds is 3. The first-order valence-electron chi connectivity index (χ1n) is 7.10. The zero-order chi connectivity index (χ0) is 15.7. The van der Waals surface area contributed by atoms with Gasteiger partial charge in [0, 0.05) is 5.69 Å². The fourth-order valence-electron chi connectivity index (χ4n) is 2.59. The molecule has 0 bridgehead atoms. The van der Waals surface area contributed by atoms with Crippen molar-refractivity contribution in [1.29, 1.82) is 0 Å². The van der Waals surface area contributed by atoms with Crippen LogP contribution in [0.15, 0.2) is 48.5 Å². The Hall–Kier alpha value is -2.82. The second kappa shape index (κ2) is 5.52. The lowest BCUT2D eigenvalue weighted by Gasteiger charge is -2.14. The number of aryl methyl sites for hydroxylation is 1. The third-order valence-electron chi connectivity index (χ3n) is 3.58. The van der Waals surface area contributed by atoms with Crippen molar-refractivity contribution < 1.29 is 9.90 Å². The highest BCUT2D eigenvalue weighted by molar-refractivity contribution is 5.79. The van der Waals surface area contributed by atoms with E-state index in [2.05, 4.69) is 16.4 Å². The molecule has 112 valence electrons. The van der Waals surface area contributed by atoms with Gasteiger partial charge in [-0.2, -0.15) is 0 Å². The summed E-state index contributed by atoms with van der Waals surface area (Å²) < 4.78 is 2.00. The number of carboxylic acid groups (broad SMARTS) is 1. The van der Waals surface area contributed by atoms with Crippen molar-refractivity contribution in [3.8, 4) is 5.69 Å². The third-order valence-corrected chi connectivity index (χ3v) is 3.58. The van der Waals surface area contributed by atoms with Gasteiger partial charge in [-0.3, -0.25) is 4.57 Å². The smallest absolute Gasteiger partial charge is 0.405 e. The van der Waals surface area contributed by atoms with Crippen LogP contribution in [0.4, 0.5) is 4.79 Å². The Morgan fingerprint density at radius 3 is 2.64 bits per heavy atom. The van der Waals surface area contributed by atoms with Crippen molar-refractivity contribution in [2.45, 2.75) is 19.9 Å². The molecule has 5 heteroatoms. The molecule has 5 nitrogen and oxygen atoms in total. The summed E-state index contributed by atoms with van der Waals surface area (Å²) in [7, 11) is 0. The molecule has 2 N–H and O–H groups in total. The van der Waals surface area contributed by atoms with Crippen molar-refractivity contribution in [2.24, 2.45) is 0 Å². The summed E-state index contributed by atoms with van der Waals surface area (Å²) in [6.45, 7) is 3.82. The van der Waals surface area contributed by atoms with E-state index in [1.165, 1.54) is 0 Å². The van der Waals surface area contributed by atoms with Crippen LogP contribution in [0.5, 0.6) is 0 Å². The average Bonchev–Trinajstić information content (AvgIpc) is 2.86. The number of hydrogen-bond acceptors (Lipinski definition) is 2. The maximum atomic E-state index is 11.0. The normalized spacial score (nSPS) is 12.3. The van der Waals surface area contributed by atoms with E-state index in [1.807, 2.05) is 54.0 Å². The van der Waals surface area contributed by atoms with E-state index in [4.69, 9.17) is 5.11 Å². The Kier molecular flexibility index (Phi) is 3.55. The lowest BCUT2D eigenvalue weighted by Crippen LogP contribution is -2.26. The van der Waals surface area contributed by atoms with Gasteiger partial charge in [-0.15, -0.1) is 0 Å². The van der Waals surface area contributed by atoms with Crippen molar-refractivity contribution in [3.63, 3.8) is 0 Å². The SMILES string of the molecule is Cc1ccc2nc([C@H](C)NC(=O)O)n(-c3ccccc3)c2c1. The number of nitrogens with one attached hydrogen (secondary N) is 1. The van der Waals surface area contributed by atoms with Gasteiger partial charge in [0.25, 0.3) is 0 Å². The third kappa shape index (κ3) is 2.53. The minimum absolute atomic E-state index is 0.412. The van der Waals surface area contributed by atoms with Crippen LogP contribution in [0.3, 0.4) is 0 Å². The number of para-hydroxylation sites is 1. The van der Waals surface area contributed by atoms with Crippen molar-refractivity contribution >= 4 is 17.1 Å². The Bertz CT molecular complexity index is 825. The maximum Gasteiger partial charge on any atom is 0.405 e. The van der Waals surface area contributed by atoms with E-state index in [-0.39, 0.29) is 0 Å². The number of amides is 1. The van der Waals surface area contributed by atoms with Crippen LogP contribution in [0.1, 0.15) is 24.4 Å². The lowest BCUT2D eigenvalue weighted by atomic mass is 10.2. The molecule has 1 aromatic heterocycles. The number of hydrogen-bond donors (Lipinski definition) is 2. The van der Waals surface area contributed by atoms with E-state index in [1.54, 1.807) is 6.92 Å². The first-order valence-corrected chi connectivity index (χ1v) is 7.10. The summed E-state index contributed by atoms with van der Waals surface area (Å²) in [5, 5.41) is 11.5. The standard InChI is InChI=1S/C17H17N3O2/c1-11-8-9-14-15(10-11)20(13-6-4-3-5-7-13)16(19-14)12(2)18-17(21)22/h3-10,12,18H,1-2H3,(H,21,22)/t12-/m0/s1. The van der Waals surface area contributed by atoms with Crippen LogP contribution < -0.4 is 5.32 Å². The molecule has 0 aliphatic heterocycles. The largest absolute Gasteiger partial charge is 0.465 e. The van der Waals surface area contributed by atoms with Gasteiger partial charge in [-0.25, -0.2) is 9.78 Å². The van der Waals surface area contributed by atoms with Crippen molar-refractivity contribution in [3.05, 3.63) is 59.9 Å². The first-order chi connectivity index (χ1) is 10.6. The van der Waals surface area contributed by atoms with Gasteiger partial charge < -0.3 is 10.4 Å². The molecular formula is C17H17N3O2. The number of imidazole rings is 1. The second-order valence-electron chi connectivity index (χ2n) is 5.30. The number of benzene rings is 2. The van der Waals surface area contributed by atoms with E-state index in [9.17, 15) is 4.79 Å². The molecular weight excluding hydrogens is 278 g/mol. The summed E-state index contributed by atoms with van der Waals surface area (Å²) in [4.78, 5) is 15.6. The minimum atomic E-state index is -1.06. The van der Waals surface area contributed by atoms with Gasteiger partial charge in [-0.05, 0) is 43.7 Å². The van der Waals surface area contributed by atoms with E-state index in [0.717, 1.165) is 22.3 Å². The minimum Gasteiger partial charge on any atom is -0.465 e. The summed E-state index contributed by atoms with van der Waals surface area (Å²) in [5.74, 6) is 0.675. The van der Waals surface area contributed by atoms with Crippen molar-refractivity contribution in [1.82, 2.24) is 14.9 Å². The molecule has 0 radical (unpaired) electrons. The van der Waals surface area contributed by atoms with E-state index in [0.29, 0.717) is 5.82 Å². The topological polar surface area (TPSA) is 67.2 Å². The Morgan fingerprint density at radius 1 is 1.23 bits per heavy atom. The number of aromatic nitrogens is 2. The molecule has 3 rings (SSSR count). The molecule has 0 saturated carbocycles.